The van der Waals surface area contributed by atoms with E-state index in [0.717, 1.165) is 17.7 Å². The van der Waals surface area contributed by atoms with Crippen molar-refractivity contribution in [2.75, 3.05) is 6.79 Å². The number of primary amides is 1. The van der Waals surface area contributed by atoms with E-state index >= 15 is 0 Å². The van der Waals surface area contributed by atoms with Crippen LogP contribution in [-0.4, -0.2) is 28.0 Å². The Hall–Kier alpha value is -3.06. The molecule has 7 nitrogen and oxygen atoms in total. The number of ether oxygens (including phenoxy) is 2. The van der Waals surface area contributed by atoms with Gasteiger partial charge in [0.1, 0.15) is 11.3 Å². The standard InChI is InChI=1S/C23H24ClN3O4/c1-4-5-17-20(21(28)12(2)3)14-6-7-16(22(25)29)26-23(14)27(17)10-13-8-18-19(9-15(13)24)31-11-30-18/h6-9,12H,4-5,10-11H2,1-3H3,(H2,25,29). The number of halogens is 1. The van der Waals surface area contributed by atoms with E-state index in [1.807, 2.05) is 24.5 Å². The zero-order valence-corrected chi connectivity index (χ0v) is 18.5. The first-order valence-electron chi connectivity index (χ1n) is 10.3. The lowest BCUT2D eigenvalue weighted by molar-refractivity contribution is 0.0939. The van der Waals surface area contributed by atoms with E-state index in [1.54, 1.807) is 18.2 Å². The average Bonchev–Trinajstić information content (AvgIpc) is 3.29. The van der Waals surface area contributed by atoms with E-state index in [-0.39, 0.29) is 24.2 Å². The smallest absolute Gasteiger partial charge is 0.267 e. The molecule has 8 heteroatoms. The number of amides is 1. The predicted octanol–water partition coefficient (Wildman–Crippen LogP) is 4.36. The number of hydrogen-bond donors (Lipinski definition) is 1. The number of benzene rings is 1. The number of ketones is 1. The zero-order valence-electron chi connectivity index (χ0n) is 17.7. The Morgan fingerprint density at radius 3 is 2.58 bits per heavy atom. The molecule has 1 amide bonds. The number of fused-ring (bicyclic) bond motifs is 2. The van der Waals surface area contributed by atoms with E-state index < -0.39 is 5.91 Å². The Kier molecular flexibility index (Phi) is 5.62. The van der Waals surface area contributed by atoms with Crippen molar-refractivity contribution in [2.24, 2.45) is 11.7 Å². The van der Waals surface area contributed by atoms with Gasteiger partial charge in [0.05, 0.1) is 6.54 Å². The second kappa shape index (κ2) is 8.23. The van der Waals surface area contributed by atoms with Gasteiger partial charge in [-0.25, -0.2) is 4.98 Å². The van der Waals surface area contributed by atoms with Crippen molar-refractivity contribution >= 4 is 34.3 Å². The van der Waals surface area contributed by atoms with E-state index in [4.69, 9.17) is 26.8 Å². The van der Waals surface area contributed by atoms with Gasteiger partial charge in [-0.15, -0.1) is 0 Å². The molecule has 3 heterocycles. The average molecular weight is 442 g/mol. The molecule has 0 aliphatic carbocycles. The van der Waals surface area contributed by atoms with E-state index in [0.29, 0.717) is 46.1 Å². The number of carbonyl (C=O) groups excluding carboxylic acids is 2. The Labute approximate surface area is 185 Å². The van der Waals surface area contributed by atoms with Gasteiger partial charge in [0.25, 0.3) is 5.91 Å². The molecule has 0 fully saturated rings. The molecule has 4 rings (SSSR count). The van der Waals surface area contributed by atoms with Crippen molar-refractivity contribution in [2.45, 2.75) is 40.2 Å². The maximum Gasteiger partial charge on any atom is 0.267 e. The molecule has 1 aliphatic heterocycles. The van der Waals surface area contributed by atoms with Crippen LogP contribution in [-0.2, 0) is 13.0 Å². The van der Waals surface area contributed by atoms with Crippen LogP contribution in [0.2, 0.25) is 5.02 Å². The topological polar surface area (TPSA) is 96.4 Å². The van der Waals surface area contributed by atoms with Crippen LogP contribution in [0.1, 0.15) is 59.3 Å². The quantitative estimate of drug-likeness (QED) is 0.549. The Bertz CT molecular complexity index is 1200. The van der Waals surface area contributed by atoms with Crippen LogP contribution in [0.3, 0.4) is 0 Å². The van der Waals surface area contributed by atoms with Crippen LogP contribution in [0.5, 0.6) is 11.5 Å². The molecule has 0 atom stereocenters. The van der Waals surface area contributed by atoms with Gasteiger partial charge in [-0.1, -0.05) is 38.8 Å². The molecule has 162 valence electrons. The first-order chi connectivity index (χ1) is 14.8. The minimum atomic E-state index is -0.621. The SMILES string of the molecule is CCCc1c(C(=O)C(C)C)c2ccc(C(N)=O)nc2n1Cc1cc2c(cc1Cl)OCO2. The molecular formula is C23H24ClN3O4. The van der Waals surface area contributed by atoms with Crippen LogP contribution in [0, 0.1) is 5.92 Å². The fourth-order valence-electron chi connectivity index (χ4n) is 3.89. The highest BCUT2D eigenvalue weighted by atomic mass is 35.5. The highest BCUT2D eigenvalue weighted by Crippen LogP contribution is 2.38. The summed E-state index contributed by atoms with van der Waals surface area (Å²) in [7, 11) is 0. The fraction of sp³-hybridized carbons (Fsp3) is 0.348. The Morgan fingerprint density at radius 2 is 1.94 bits per heavy atom. The number of nitrogens with two attached hydrogens (primary N) is 1. The third-order valence-corrected chi connectivity index (χ3v) is 5.75. The third-order valence-electron chi connectivity index (χ3n) is 5.39. The summed E-state index contributed by atoms with van der Waals surface area (Å²) >= 11 is 6.53. The molecule has 2 aromatic heterocycles. The number of rotatable bonds is 7. The summed E-state index contributed by atoms with van der Waals surface area (Å²) in [5.41, 5.74) is 8.48. The fourth-order valence-corrected chi connectivity index (χ4v) is 4.10. The van der Waals surface area contributed by atoms with Gasteiger partial charge >= 0.3 is 0 Å². The van der Waals surface area contributed by atoms with Crippen molar-refractivity contribution in [3.05, 3.63) is 51.8 Å². The second-order valence-electron chi connectivity index (χ2n) is 7.91. The number of hydrogen-bond acceptors (Lipinski definition) is 5. The van der Waals surface area contributed by atoms with Crippen LogP contribution in [0.25, 0.3) is 11.0 Å². The Balaban J connectivity index is 1.96. The summed E-state index contributed by atoms with van der Waals surface area (Å²) in [5, 5.41) is 1.24. The monoisotopic (exact) mass is 441 g/mol. The predicted molar refractivity (Wildman–Crippen MR) is 118 cm³/mol. The summed E-state index contributed by atoms with van der Waals surface area (Å²) in [6.45, 7) is 6.32. The lowest BCUT2D eigenvalue weighted by Gasteiger charge is -2.14. The molecule has 0 saturated carbocycles. The van der Waals surface area contributed by atoms with Gasteiger partial charge < -0.3 is 19.8 Å². The Morgan fingerprint density at radius 1 is 1.23 bits per heavy atom. The van der Waals surface area contributed by atoms with Gasteiger partial charge in [-0.05, 0) is 30.2 Å². The van der Waals surface area contributed by atoms with Gasteiger partial charge in [0.2, 0.25) is 6.79 Å². The minimum absolute atomic E-state index is 0.0395. The summed E-state index contributed by atoms with van der Waals surface area (Å²) in [5.74, 6) is 0.462. The highest BCUT2D eigenvalue weighted by molar-refractivity contribution is 6.31. The normalized spacial score (nSPS) is 12.7. The molecule has 1 aromatic carbocycles. The molecule has 0 unspecified atom stereocenters. The van der Waals surface area contributed by atoms with Crippen molar-refractivity contribution in [3.8, 4) is 11.5 Å². The van der Waals surface area contributed by atoms with E-state index in [9.17, 15) is 9.59 Å². The molecule has 1 aliphatic rings. The van der Waals surface area contributed by atoms with Crippen LogP contribution < -0.4 is 15.2 Å². The zero-order chi connectivity index (χ0) is 22.3. The minimum Gasteiger partial charge on any atom is -0.454 e. The third kappa shape index (κ3) is 3.74. The number of carbonyl (C=O) groups is 2. The van der Waals surface area contributed by atoms with Gasteiger partial charge in [0.15, 0.2) is 17.3 Å². The van der Waals surface area contributed by atoms with Crippen molar-refractivity contribution < 1.29 is 19.1 Å². The van der Waals surface area contributed by atoms with Crippen LogP contribution >= 0.6 is 11.6 Å². The van der Waals surface area contributed by atoms with Gasteiger partial charge in [-0.2, -0.15) is 0 Å². The number of aromatic nitrogens is 2. The van der Waals surface area contributed by atoms with Crippen molar-refractivity contribution in [1.82, 2.24) is 9.55 Å². The van der Waals surface area contributed by atoms with Crippen molar-refractivity contribution in [3.63, 3.8) is 0 Å². The largest absolute Gasteiger partial charge is 0.454 e. The van der Waals surface area contributed by atoms with E-state index in [1.165, 1.54) is 0 Å². The highest BCUT2D eigenvalue weighted by Gasteiger charge is 2.26. The molecule has 0 radical (unpaired) electrons. The molecule has 0 saturated heterocycles. The molecule has 0 spiro atoms. The van der Waals surface area contributed by atoms with Crippen molar-refractivity contribution in [1.29, 1.82) is 0 Å². The number of pyridine rings is 1. The number of Topliss-reactive ketones (excluding diaryl/α,β-unsaturated/α-hetero) is 1. The molecule has 31 heavy (non-hydrogen) atoms. The lowest BCUT2D eigenvalue weighted by atomic mass is 9.97. The first kappa shape index (κ1) is 21.2. The maximum atomic E-state index is 13.2. The molecule has 3 aromatic rings. The first-order valence-corrected chi connectivity index (χ1v) is 10.6. The lowest BCUT2D eigenvalue weighted by Crippen LogP contribution is -2.14. The van der Waals surface area contributed by atoms with E-state index in [2.05, 4.69) is 11.9 Å². The van der Waals surface area contributed by atoms with Gasteiger partial charge in [-0.3, -0.25) is 9.59 Å². The van der Waals surface area contributed by atoms with Crippen LogP contribution in [0.4, 0.5) is 0 Å². The summed E-state index contributed by atoms with van der Waals surface area (Å²) in [4.78, 5) is 29.5. The summed E-state index contributed by atoms with van der Waals surface area (Å²) < 4.78 is 12.9. The number of nitrogens with zero attached hydrogens (tertiary/aromatic N) is 2. The molecular weight excluding hydrogens is 418 g/mol. The second-order valence-corrected chi connectivity index (χ2v) is 8.31. The summed E-state index contributed by atoms with van der Waals surface area (Å²) in [6, 6.07) is 6.89. The molecule has 2 N–H and O–H groups in total. The molecule has 0 bridgehead atoms. The maximum absolute atomic E-state index is 13.2. The van der Waals surface area contributed by atoms with Crippen LogP contribution in [0.15, 0.2) is 24.3 Å². The summed E-state index contributed by atoms with van der Waals surface area (Å²) in [6.07, 6.45) is 1.52. The van der Waals surface area contributed by atoms with Gasteiger partial charge in [0, 0.05) is 33.7 Å².